The molecule has 0 saturated carbocycles. The third-order valence-electron chi connectivity index (χ3n) is 7.51. The standard InChI is InChI=1S/C18H14N.C14H14.C7H9.Zr/c1-13-10-16-8-4-5-9-18(16)19(13)17-11-14-6-2-3-7-15(14)12-17;1-3-7-13(8-4-1)11-12-14-9-5-2-6-10-14;1-6-4-3-5-7(6)2;/h2-12H,1H3;1-10H,11-12H2;4H,3H2,1-2H3;/q-1;;-1;+2. The van der Waals surface area contributed by atoms with Crippen LogP contribution in [0, 0.1) is 13.0 Å². The number of nitrogens with zero attached hydrogens (tertiary/aromatic N) is 1. The SMILES string of the molecule is CC1=[C-]CC=C1C.Cc1cc2ccccc2n1-c1cc2ccccc2[cH-]1.[Zr+2].c1ccc(CCc2ccccc2)cc1. The quantitative estimate of drug-likeness (QED) is 0.175. The van der Waals surface area contributed by atoms with Crippen molar-refractivity contribution in [1.82, 2.24) is 4.57 Å². The van der Waals surface area contributed by atoms with Gasteiger partial charge < -0.3 is 4.57 Å². The largest absolute Gasteiger partial charge is 2.00 e. The van der Waals surface area contributed by atoms with E-state index in [-0.39, 0.29) is 26.2 Å². The zero-order valence-corrected chi connectivity index (χ0v) is 26.7. The summed E-state index contributed by atoms with van der Waals surface area (Å²) in [5.41, 5.74) is 9.33. The first kappa shape index (κ1) is 30.4. The summed E-state index contributed by atoms with van der Waals surface area (Å²) in [5, 5.41) is 3.90. The molecule has 0 unspecified atom stereocenters. The number of benzene rings is 4. The average Bonchev–Trinajstić information content (AvgIpc) is 3.69. The second kappa shape index (κ2) is 14.9. The molecule has 1 nitrogen and oxygen atoms in total. The summed E-state index contributed by atoms with van der Waals surface area (Å²) in [4.78, 5) is 0. The van der Waals surface area contributed by atoms with E-state index in [9.17, 15) is 0 Å². The van der Waals surface area contributed by atoms with Gasteiger partial charge in [0.05, 0.1) is 5.52 Å². The zero-order valence-electron chi connectivity index (χ0n) is 24.3. The molecule has 202 valence electrons. The van der Waals surface area contributed by atoms with Gasteiger partial charge in [-0.2, -0.15) is 6.08 Å². The van der Waals surface area contributed by atoms with Crippen LogP contribution in [0.3, 0.4) is 0 Å². The molecule has 0 amide bonds. The molecule has 0 bridgehead atoms. The summed E-state index contributed by atoms with van der Waals surface area (Å²) in [7, 11) is 0. The van der Waals surface area contributed by atoms with Crippen molar-refractivity contribution in [1.29, 1.82) is 0 Å². The van der Waals surface area contributed by atoms with Gasteiger partial charge in [0, 0.05) is 11.1 Å². The molecule has 6 aromatic rings. The van der Waals surface area contributed by atoms with Crippen LogP contribution in [-0.2, 0) is 39.0 Å². The van der Waals surface area contributed by atoms with E-state index in [1.165, 1.54) is 55.3 Å². The van der Waals surface area contributed by atoms with E-state index in [2.05, 4.69) is 165 Å². The van der Waals surface area contributed by atoms with Gasteiger partial charge in [0.2, 0.25) is 0 Å². The van der Waals surface area contributed by atoms with Crippen LogP contribution in [0.2, 0.25) is 0 Å². The van der Waals surface area contributed by atoms with Crippen LogP contribution >= 0.6 is 0 Å². The van der Waals surface area contributed by atoms with Crippen molar-refractivity contribution in [3.63, 3.8) is 0 Å². The Labute approximate surface area is 264 Å². The van der Waals surface area contributed by atoms with Gasteiger partial charge in [0.15, 0.2) is 0 Å². The van der Waals surface area contributed by atoms with Crippen LogP contribution in [0.15, 0.2) is 145 Å². The second-order valence-corrected chi connectivity index (χ2v) is 10.4. The van der Waals surface area contributed by atoms with Gasteiger partial charge in [0.1, 0.15) is 0 Å². The Kier molecular flexibility index (Phi) is 11.0. The fraction of sp³-hybridized carbons (Fsp3) is 0.154. The molecule has 2 heteroatoms. The van der Waals surface area contributed by atoms with E-state index in [0.717, 1.165) is 19.3 Å². The molecule has 0 spiro atoms. The molecule has 41 heavy (non-hydrogen) atoms. The molecule has 5 aromatic carbocycles. The summed E-state index contributed by atoms with van der Waals surface area (Å²) in [6.45, 7) is 6.38. The summed E-state index contributed by atoms with van der Waals surface area (Å²) < 4.78 is 2.33. The number of fused-ring (bicyclic) bond motifs is 2. The number of para-hydroxylation sites is 1. The summed E-state index contributed by atoms with van der Waals surface area (Å²) in [5.74, 6) is 0. The van der Waals surface area contributed by atoms with Gasteiger partial charge in [-0.05, 0) is 48.7 Å². The molecular weight excluding hydrogens is 574 g/mol. The van der Waals surface area contributed by atoms with Gasteiger partial charge in [-0.25, -0.2) is 11.1 Å². The fourth-order valence-corrected chi connectivity index (χ4v) is 5.13. The van der Waals surface area contributed by atoms with Crippen LogP contribution < -0.4 is 0 Å². The summed E-state index contributed by atoms with van der Waals surface area (Å²) >= 11 is 0. The third-order valence-corrected chi connectivity index (χ3v) is 7.51. The number of hydrogen-bond donors (Lipinski definition) is 0. The smallest absolute Gasteiger partial charge is 0.332 e. The van der Waals surface area contributed by atoms with E-state index in [0.29, 0.717) is 0 Å². The van der Waals surface area contributed by atoms with Gasteiger partial charge in [0.25, 0.3) is 0 Å². The minimum Gasteiger partial charge on any atom is -0.332 e. The minimum atomic E-state index is 0. The Morgan fingerprint density at radius 1 is 0.659 bits per heavy atom. The molecule has 1 aliphatic rings. The Balaban J connectivity index is 0.000000155. The Morgan fingerprint density at radius 3 is 1.76 bits per heavy atom. The molecule has 0 saturated heterocycles. The van der Waals surface area contributed by atoms with Gasteiger partial charge in [-0.1, -0.05) is 91.9 Å². The maximum Gasteiger partial charge on any atom is 2.00 e. The predicted octanol–water partition coefficient (Wildman–Crippen LogP) is 10.4. The molecule has 7 rings (SSSR count). The van der Waals surface area contributed by atoms with Gasteiger partial charge in [-0.15, -0.1) is 54.4 Å². The van der Waals surface area contributed by atoms with Crippen molar-refractivity contribution in [2.45, 2.75) is 40.0 Å². The molecule has 0 fully saturated rings. The van der Waals surface area contributed by atoms with E-state index >= 15 is 0 Å². The Bertz CT molecular complexity index is 1640. The molecule has 1 heterocycles. The van der Waals surface area contributed by atoms with Crippen LogP contribution in [0.25, 0.3) is 27.4 Å². The minimum absolute atomic E-state index is 0. The van der Waals surface area contributed by atoms with Crippen LogP contribution in [-0.4, -0.2) is 4.57 Å². The fourth-order valence-electron chi connectivity index (χ4n) is 5.13. The van der Waals surface area contributed by atoms with Crippen LogP contribution in [0.4, 0.5) is 0 Å². The molecule has 0 aliphatic heterocycles. The van der Waals surface area contributed by atoms with E-state index in [1.54, 1.807) is 0 Å². The monoisotopic (exact) mass is 609 g/mol. The van der Waals surface area contributed by atoms with Gasteiger partial charge in [-0.3, -0.25) is 6.08 Å². The second-order valence-electron chi connectivity index (χ2n) is 10.4. The van der Waals surface area contributed by atoms with E-state index in [4.69, 9.17) is 0 Å². The van der Waals surface area contributed by atoms with Crippen molar-refractivity contribution < 1.29 is 26.2 Å². The van der Waals surface area contributed by atoms with E-state index < -0.39 is 0 Å². The molecular formula is C39H37NZr. The van der Waals surface area contributed by atoms with Crippen LogP contribution in [0.5, 0.6) is 0 Å². The van der Waals surface area contributed by atoms with Crippen molar-refractivity contribution in [3.05, 3.63) is 168 Å². The zero-order chi connectivity index (χ0) is 27.7. The predicted molar refractivity (Wildman–Crippen MR) is 172 cm³/mol. The summed E-state index contributed by atoms with van der Waals surface area (Å²) in [6, 6.07) is 45.1. The molecule has 1 aliphatic carbocycles. The van der Waals surface area contributed by atoms with Crippen molar-refractivity contribution in [2.24, 2.45) is 0 Å². The first-order chi connectivity index (χ1) is 19.6. The maximum absolute atomic E-state index is 3.19. The third kappa shape index (κ3) is 7.99. The topological polar surface area (TPSA) is 4.93 Å². The molecule has 0 atom stereocenters. The number of hydrogen-bond acceptors (Lipinski definition) is 0. The molecule has 0 N–H and O–H groups in total. The van der Waals surface area contributed by atoms with Crippen LogP contribution in [0.1, 0.15) is 37.1 Å². The first-order valence-electron chi connectivity index (χ1n) is 14.1. The number of allylic oxidation sites excluding steroid dienone is 4. The maximum atomic E-state index is 3.19. The molecule has 1 aromatic heterocycles. The normalized spacial score (nSPS) is 12.0. The Hall–Kier alpha value is -3.61. The van der Waals surface area contributed by atoms with Crippen molar-refractivity contribution in [2.75, 3.05) is 0 Å². The Morgan fingerprint density at radius 2 is 1.22 bits per heavy atom. The average molecular weight is 611 g/mol. The number of rotatable bonds is 4. The van der Waals surface area contributed by atoms with Gasteiger partial charge >= 0.3 is 26.2 Å². The molecule has 0 radical (unpaired) electrons. The van der Waals surface area contributed by atoms with E-state index in [1.807, 2.05) is 0 Å². The van der Waals surface area contributed by atoms with Crippen molar-refractivity contribution >= 4 is 21.7 Å². The number of aromatic nitrogens is 1. The van der Waals surface area contributed by atoms with Crippen molar-refractivity contribution in [3.8, 4) is 5.69 Å². The number of aryl methyl sites for hydroxylation is 3. The first-order valence-corrected chi connectivity index (χ1v) is 14.1. The summed E-state index contributed by atoms with van der Waals surface area (Å²) in [6.07, 6.45) is 8.67.